The highest BCUT2D eigenvalue weighted by molar-refractivity contribution is 6.43. The van der Waals surface area contributed by atoms with Crippen LogP contribution in [0.3, 0.4) is 0 Å². The van der Waals surface area contributed by atoms with Crippen molar-refractivity contribution in [2.45, 2.75) is 13.0 Å². The Hall–Kier alpha value is -2.71. The van der Waals surface area contributed by atoms with E-state index in [9.17, 15) is 4.79 Å². The van der Waals surface area contributed by atoms with E-state index in [0.717, 1.165) is 0 Å². The Balaban J connectivity index is 1.73. The second-order valence-corrected chi connectivity index (χ2v) is 5.79. The minimum Gasteiger partial charge on any atom is -0.328 e. The molecular weight excluding hydrogens is 365 g/mol. The van der Waals surface area contributed by atoms with Gasteiger partial charge in [0.1, 0.15) is 6.33 Å². The summed E-state index contributed by atoms with van der Waals surface area (Å²) >= 11 is 12.0. The van der Waals surface area contributed by atoms with E-state index in [1.165, 1.54) is 11.0 Å². The number of benzene rings is 1. The third-order valence-electron chi connectivity index (χ3n) is 3.25. The van der Waals surface area contributed by atoms with E-state index in [1.54, 1.807) is 43.6 Å². The highest BCUT2D eigenvalue weighted by Gasteiger charge is 2.18. The van der Waals surface area contributed by atoms with Gasteiger partial charge >= 0.3 is 6.03 Å². The van der Waals surface area contributed by atoms with Crippen LogP contribution < -0.4 is 10.6 Å². The van der Waals surface area contributed by atoms with Crippen LogP contribution in [0.5, 0.6) is 0 Å². The van der Waals surface area contributed by atoms with Crippen LogP contribution in [0.15, 0.2) is 43.0 Å². The lowest BCUT2D eigenvalue weighted by molar-refractivity contribution is 0.248. The first kappa shape index (κ1) is 17.1. The summed E-state index contributed by atoms with van der Waals surface area (Å²) in [7, 11) is 0. The number of rotatable bonds is 4. The number of anilines is 1. The second kappa shape index (κ2) is 7.45. The Morgan fingerprint density at radius 2 is 1.92 bits per heavy atom. The zero-order valence-electron chi connectivity index (χ0n) is 13.0. The van der Waals surface area contributed by atoms with Gasteiger partial charge < -0.3 is 10.6 Å². The molecule has 0 aliphatic carbocycles. The van der Waals surface area contributed by atoms with Gasteiger partial charge in [-0.1, -0.05) is 29.3 Å². The maximum absolute atomic E-state index is 12.2. The maximum atomic E-state index is 12.2. The van der Waals surface area contributed by atoms with Crippen LogP contribution >= 0.6 is 23.2 Å². The minimum atomic E-state index is -0.458. The van der Waals surface area contributed by atoms with Crippen molar-refractivity contribution < 1.29 is 4.79 Å². The smallest absolute Gasteiger partial charge is 0.319 e. The third kappa shape index (κ3) is 3.86. The van der Waals surface area contributed by atoms with E-state index in [-0.39, 0.29) is 5.02 Å². The Bertz CT molecular complexity index is 885. The summed E-state index contributed by atoms with van der Waals surface area (Å²) in [5.41, 5.74) is 0.409. The van der Waals surface area contributed by atoms with Gasteiger partial charge in [-0.2, -0.15) is 9.78 Å². The lowest BCUT2D eigenvalue weighted by atomic mass is 10.3. The number of hydrogen-bond donors (Lipinski definition) is 2. The third-order valence-corrected chi connectivity index (χ3v) is 4.07. The van der Waals surface area contributed by atoms with Crippen LogP contribution in [-0.2, 0) is 0 Å². The van der Waals surface area contributed by atoms with Crippen molar-refractivity contribution in [3.05, 3.63) is 58.9 Å². The molecule has 0 fully saturated rings. The molecule has 128 valence electrons. The van der Waals surface area contributed by atoms with Crippen molar-refractivity contribution >= 4 is 34.9 Å². The summed E-state index contributed by atoms with van der Waals surface area (Å²) in [4.78, 5) is 24.6. The Morgan fingerprint density at radius 1 is 1.16 bits per heavy atom. The van der Waals surface area contributed by atoms with Gasteiger partial charge in [-0.3, -0.25) is 0 Å². The number of urea groups is 1. The molecule has 0 bridgehead atoms. The lowest BCUT2D eigenvalue weighted by Crippen LogP contribution is -2.32. The van der Waals surface area contributed by atoms with Crippen molar-refractivity contribution in [2.75, 3.05) is 5.32 Å². The Labute approximate surface area is 153 Å². The molecule has 8 nitrogen and oxygen atoms in total. The van der Waals surface area contributed by atoms with Crippen LogP contribution in [0.25, 0.3) is 5.95 Å². The largest absolute Gasteiger partial charge is 0.328 e. The molecule has 2 N–H and O–H groups in total. The summed E-state index contributed by atoms with van der Waals surface area (Å²) in [6.07, 6.45) is 4.56. The molecule has 2 amide bonds. The number of nitrogens with zero attached hydrogens (tertiary/aromatic N) is 5. The van der Waals surface area contributed by atoms with Gasteiger partial charge in [-0.05, 0) is 25.1 Å². The maximum Gasteiger partial charge on any atom is 0.319 e. The van der Waals surface area contributed by atoms with Crippen molar-refractivity contribution in [3.8, 4) is 5.95 Å². The first-order valence-corrected chi connectivity index (χ1v) is 8.00. The summed E-state index contributed by atoms with van der Waals surface area (Å²) in [6, 6.07) is 5.77. The van der Waals surface area contributed by atoms with Crippen molar-refractivity contribution in [3.63, 3.8) is 0 Å². The lowest BCUT2D eigenvalue weighted by Gasteiger charge is -2.15. The van der Waals surface area contributed by atoms with Crippen LogP contribution in [0, 0.1) is 0 Å². The van der Waals surface area contributed by atoms with Crippen molar-refractivity contribution in [2.24, 2.45) is 0 Å². The fourth-order valence-electron chi connectivity index (χ4n) is 2.12. The molecule has 25 heavy (non-hydrogen) atoms. The molecule has 2 heterocycles. The molecule has 2 aromatic heterocycles. The number of amides is 2. The molecule has 0 saturated heterocycles. The van der Waals surface area contributed by atoms with Gasteiger partial charge in [0, 0.05) is 12.4 Å². The molecule has 3 aromatic rings. The fraction of sp³-hybridized carbons (Fsp3) is 0.133. The minimum absolute atomic E-state index is 0.271. The van der Waals surface area contributed by atoms with E-state index in [0.29, 0.717) is 22.5 Å². The van der Waals surface area contributed by atoms with E-state index in [4.69, 9.17) is 23.2 Å². The monoisotopic (exact) mass is 377 g/mol. The van der Waals surface area contributed by atoms with Gasteiger partial charge in [0.15, 0.2) is 5.82 Å². The average molecular weight is 378 g/mol. The van der Waals surface area contributed by atoms with Gasteiger partial charge in [0.05, 0.1) is 21.8 Å². The predicted molar refractivity (Wildman–Crippen MR) is 94.0 cm³/mol. The number of aromatic nitrogens is 5. The zero-order chi connectivity index (χ0) is 17.8. The van der Waals surface area contributed by atoms with Crippen LogP contribution in [0.2, 0.25) is 10.0 Å². The molecule has 0 radical (unpaired) electrons. The Kier molecular flexibility index (Phi) is 5.11. The molecule has 0 aliphatic heterocycles. The molecule has 0 spiro atoms. The summed E-state index contributed by atoms with van der Waals surface area (Å²) in [5, 5.41) is 10.1. The van der Waals surface area contributed by atoms with E-state index in [1.807, 2.05) is 0 Å². The van der Waals surface area contributed by atoms with Gasteiger partial charge in [-0.25, -0.2) is 19.7 Å². The van der Waals surface area contributed by atoms with Crippen molar-refractivity contribution in [1.82, 2.24) is 30.0 Å². The molecule has 10 heteroatoms. The second-order valence-electron chi connectivity index (χ2n) is 5.00. The van der Waals surface area contributed by atoms with Crippen LogP contribution in [0.4, 0.5) is 10.5 Å². The summed E-state index contributed by atoms with van der Waals surface area (Å²) in [6.45, 7) is 1.77. The molecule has 3 rings (SSSR count). The molecule has 1 atom stereocenters. The number of carbonyl (C=O) groups is 1. The molecule has 0 saturated carbocycles. The first-order chi connectivity index (χ1) is 12.1. The molecule has 1 aromatic carbocycles. The quantitative estimate of drug-likeness (QED) is 0.726. The number of halogens is 2. The highest BCUT2D eigenvalue weighted by atomic mass is 35.5. The zero-order valence-corrected chi connectivity index (χ0v) is 14.5. The topological polar surface area (TPSA) is 97.6 Å². The number of nitrogens with one attached hydrogen (secondary N) is 2. The van der Waals surface area contributed by atoms with E-state index in [2.05, 4.69) is 30.7 Å². The van der Waals surface area contributed by atoms with E-state index >= 15 is 0 Å². The summed E-state index contributed by atoms with van der Waals surface area (Å²) < 4.78 is 1.46. The fourth-order valence-corrected chi connectivity index (χ4v) is 2.47. The van der Waals surface area contributed by atoms with Crippen LogP contribution in [0.1, 0.15) is 18.8 Å². The summed E-state index contributed by atoms with van der Waals surface area (Å²) in [5.74, 6) is 0.848. The van der Waals surface area contributed by atoms with Gasteiger partial charge in [0.2, 0.25) is 0 Å². The first-order valence-electron chi connectivity index (χ1n) is 7.25. The van der Waals surface area contributed by atoms with Gasteiger partial charge in [-0.15, -0.1) is 0 Å². The molecular formula is C15H13Cl2N7O. The van der Waals surface area contributed by atoms with Crippen molar-refractivity contribution in [1.29, 1.82) is 0 Å². The average Bonchev–Trinajstić information content (AvgIpc) is 3.09. The SMILES string of the molecule is CC(NC(=O)Nc1cccc(Cl)c1Cl)c1ncnn1-c1ncccn1. The Morgan fingerprint density at radius 3 is 2.68 bits per heavy atom. The number of hydrogen-bond acceptors (Lipinski definition) is 5. The van der Waals surface area contributed by atoms with Crippen LogP contribution in [-0.4, -0.2) is 30.8 Å². The standard InChI is InChI=1S/C15H13Cl2N7O/c1-9(13-20-8-21-24(13)14-18-6-3-7-19-14)22-15(25)23-11-5-2-4-10(16)12(11)17/h2-9H,1H3,(H2,22,23,25). The normalized spacial score (nSPS) is 11.8. The molecule has 1 unspecified atom stereocenters. The van der Waals surface area contributed by atoms with Gasteiger partial charge in [0.25, 0.3) is 5.95 Å². The predicted octanol–water partition coefficient (Wildman–Crippen LogP) is 3.25. The number of carbonyl (C=O) groups excluding carboxylic acids is 1. The highest BCUT2D eigenvalue weighted by Crippen LogP contribution is 2.29. The van der Waals surface area contributed by atoms with E-state index < -0.39 is 12.1 Å². The molecule has 0 aliphatic rings.